The van der Waals surface area contributed by atoms with E-state index in [-0.39, 0.29) is 30.7 Å². The van der Waals surface area contributed by atoms with Gasteiger partial charge in [0.2, 0.25) is 11.8 Å². The number of nitrogens with one attached hydrogen (secondary N) is 3. The second kappa shape index (κ2) is 8.32. The maximum absolute atomic E-state index is 12.7. The molecule has 0 aliphatic carbocycles. The summed E-state index contributed by atoms with van der Waals surface area (Å²) in [7, 11) is 0. The van der Waals surface area contributed by atoms with Crippen LogP contribution in [0.5, 0.6) is 0 Å². The second-order valence-corrected chi connectivity index (χ2v) is 7.98. The van der Waals surface area contributed by atoms with Gasteiger partial charge in [-0.05, 0) is 49.6 Å². The number of fused-ring (bicyclic) bond motifs is 1. The highest BCUT2D eigenvalue weighted by Gasteiger charge is 2.39. The standard InChI is InChI=1S/C21H26N4O4/c26-18-8-7-17(20(28)24-18)25-12-14-10-13(5-6-16(14)21(25)29)19(27)23-11-15-4-2-1-3-9-22-15/h5-6,10,15,17,22H,1-4,7-9,11-12H2,(H,23,27)(H,24,26,28). The van der Waals surface area contributed by atoms with Crippen LogP contribution >= 0.6 is 0 Å². The van der Waals surface area contributed by atoms with Crippen molar-refractivity contribution in [1.82, 2.24) is 20.9 Å². The summed E-state index contributed by atoms with van der Waals surface area (Å²) in [6.45, 7) is 1.83. The van der Waals surface area contributed by atoms with Crippen LogP contribution in [-0.4, -0.2) is 53.7 Å². The predicted octanol–water partition coefficient (Wildman–Crippen LogP) is 0.710. The van der Waals surface area contributed by atoms with Crippen LogP contribution in [0.25, 0.3) is 0 Å². The van der Waals surface area contributed by atoms with Gasteiger partial charge in [-0.2, -0.15) is 0 Å². The van der Waals surface area contributed by atoms with Gasteiger partial charge in [0.05, 0.1) is 0 Å². The van der Waals surface area contributed by atoms with E-state index in [1.807, 2.05) is 0 Å². The first-order valence-corrected chi connectivity index (χ1v) is 10.3. The Morgan fingerprint density at radius 3 is 2.83 bits per heavy atom. The topological polar surface area (TPSA) is 108 Å². The molecule has 0 bridgehead atoms. The molecule has 3 N–H and O–H groups in total. The van der Waals surface area contributed by atoms with Crippen LogP contribution in [0, 0.1) is 0 Å². The summed E-state index contributed by atoms with van der Waals surface area (Å²) in [5.41, 5.74) is 1.76. The van der Waals surface area contributed by atoms with Crippen molar-refractivity contribution in [1.29, 1.82) is 0 Å². The summed E-state index contributed by atoms with van der Waals surface area (Å²) < 4.78 is 0. The molecule has 4 amide bonds. The van der Waals surface area contributed by atoms with Crippen LogP contribution in [-0.2, 0) is 16.1 Å². The SMILES string of the molecule is O=C1CCC(N2Cc3cc(C(=O)NCC4CCCCCN4)ccc3C2=O)C(=O)N1. The zero-order chi connectivity index (χ0) is 20.4. The quantitative estimate of drug-likeness (QED) is 0.648. The summed E-state index contributed by atoms with van der Waals surface area (Å²) in [5, 5.41) is 8.73. The minimum Gasteiger partial charge on any atom is -0.350 e. The highest BCUT2D eigenvalue weighted by atomic mass is 16.2. The molecule has 8 heteroatoms. The smallest absolute Gasteiger partial charge is 0.255 e. The Bertz CT molecular complexity index is 845. The maximum atomic E-state index is 12.7. The lowest BCUT2D eigenvalue weighted by Crippen LogP contribution is -2.52. The van der Waals surface area contributed by atoms with Crippen LogP contribution in [0.2, 0.25) is 0 Å². The lowest BCUT2D eigenvalue weighted by Gasteiger charge is -2.29. The lowest BCUT2D eigenvalue weighted by molar-refractivity contribution is -0.136. The minimum absolute atomic E-state index is 0.161. The Labute approximate surface area is 169 Å². The van der Waals surface area contributed by atoms with Gasteiger partial charge in [0, 0.05) is 36.7 Å². The molecule has 3 aliphatic heterocycles. The van der Waals surface area contributed by atoms with Crippen LogP contribution in [0.3, 0.4) is 0 Å². The third-order valence-electron chi connectivity index (χ3n) is 5.96. The van der Waals surface area contributed by atoms with Crippen LogP contribution in [0.1, 0.15) is 64.8 Å². The number of imide groups is 1. The Balaban J connectivity index is 1.41. The van der Waals surface area contributed by atoms with Crippen molar-refractivity contribution in [2.45, 2.75) is 57.2 Å². The van der Waals surface area contributed by atoms with E-state index in [9.17, 15) is 19.2 Å². The first kappa shape index (κ1) is 19.6. The van der Waals surface area contributed by atoms with Crippen molar-refractivity contribution < 1.29 is 19.2 Å². The molecule has 8 nitrogen and oxygen atoms in total. The summed E-state index contributed by atoms with van der Waals surface area (Å²) in [5.74, 6) is -1.14. The van der Waals surface area contributed by atoms with Gasteiger partial charge in [0.15, 0.2) is 0 Å². The second-order valence-electron chi connectivity index (χ2n) is 7.98. The maximum Gasteiger partial charge on any atom is 0.255 e. The number of rotatable bonds is 4. The number of piperidine rings is 1. The van der Waals surface area contributed by atoms with E-state index in [4.69, 9.17) is 0 Å². The Morgan fingerprint density at radius 1 is 1.14 bits per heavy atom. The fourth-order valence-electron chi connectivity index (χ4n) is 4.31. The average molecular weight is 398 g/mol. The molecule has 2 saturated heterocycles. The molecule has 4 rings (SSSR count). The van der Waals surface area contributed by atoms with E-state index in [1.54, 1.807) is 18.2 Å². The van der Waals surface area contributed by atoms with Gasteiger partial charge >= 0.3 is 0 Å². The molecule has 3 heterocycles. The van der Waals surface area contributed by atoms with Crippen LogP contribution in [0.15, 0.2) is 18.2 Å². The molecule has 154 valence electrons. The Kier molecular flexibility index (Phi) is 5.62. The minimum atomic E-state index is -0.647. The average Bonchev–Trinajstić information content (AvgIpc) is 2.87. The monoisotopic (exact) mass is 398 g/mol. The first-order chi connectivity index (χ1) is 14.0. The van der Waals surface area contributed by atoms with Gasteiger partial charge in [-0.3, -0.25) is 24.5 Å². The normalized spacial score (nSPS) is 24.7. The molecule has 3 aliphatic rings. The number of carbonyl (C=O) groups excluding carboxylic acids is 4. The highest BCUT2D eigenvalue weighted by Crippen LogP contribution is 2.28. The molecule has 0 saturated carbocycles. The van der Waals surface area contributed by atoms with Crippen LogP contribution in [0.4, 0.5) is 0 Å². The number of hydrogen-bond donors (Lipinski definition) is 3. The van der Waals surface area contributed by atoms with E-state index in [0.29, 0.717) is 30.1 Å². The predicted molar refractivity (Wildman–Crippen MR) is 105 cm³/mol. The van der Waals surface area contributed by atoms with Crippen molar-refractivity contribution in [2.24, 2.45) is 0 Å². The number of nitrogens with zero attached hydrogens (tertiary/aromatic N) is 1. The van der Waals surface area contributed by atoms with E-state index in [2.05, 4.69) is 16.0 Å². The third kappa shape index (κ3) is 4.17. The molecule has 0 aromatic heterocycles. The zero-order valence-electron chi connectivity index (χ0n) is 16.3. The summed E-state index contributed by atoms with van der Waals surface area (Å²) in [6, 6.07) is 4.68. The molecule has 0 radical (unpaired) electrons. The van der Waals surface area contributed by atoms with Crippen molar-refractivity contribution in [2.75, 3.05) is 13.1 Å². The van der Waals surface area contributed by atoms with Gasteiger partial charge in [0.1, 0.15) is 6.04 Å². The van der Waals surface area contributed by atoms with Crippen molar-refractivity contribution >= 4 is 23.6 Å². The van der Waals surface area contributed by atoms with E-state index < -0.39 is 11.9 Å². The number of carbonyl (C=O) groups is 4. The van der Waals surface area contributed by atoms with Crippen molar-refractivity contribution in [3.8, 4) is 0 Å². The number of amides is 4. The summed E-state index contributed by atoms with van der Waals surface area (Å²) in [6.07, 6.45) is 5.17. The molecule has 1 aromatic rings. The van der Waals surface area contributed by atoms with E-state index in [0.717, 1.165) is 18.5 Å². The third-order valence-corrected chi connectivity index (χ3v) is 5.96. The molecule has 0 spiro atoms. The van der Waals surface area contributed by atoms with E-state index in [1.165, 1.54) is 24.2 Å². The fraction of sp³-hybridized carbons (Fsp3) is 0.524. The van der Waals surface area contributed by atoms with Gasteiger partial charge in [-0.1, -0.05) is 12.8 Å². The highest BCUT2D eigenvalue weighted by molar-refractivity contribution is 6.06. The molecule has 29 heavy (non-hydrogen) atoms. The lowest BCUT2D eigenvalue weighted by atomic mass is 10.0. The molecular formula is C21H26N4O4. The molecule has 1 aromatic carbocycles. The van der Waals surface area contributed by atoms with Crippen molar-refractivity contribution in [3.05, 3.63) is 34.9 Å². The van der Waals surface area contributed by atoms with Gasteiger partial charge in [-0.15, -0.1) is 0 Å². The van der Waals surface area contributed by atoms with Gasteiger partial charge < -0.3 is 15.5 Å². The summed E-state index contributed by atoms with van der Waals surface area (Å²) >= 11 is 0. The zero-order valence-corrected chi connectivity index (χ0v) is 16.3. The Morgan fingerprint density at radius 2 is 2.00 bits per heavy atom. The molecular weight excluding hydrogens is 372 g/mol. The summed E-state index contributed by atoms with van der Waals surface area (Å²) in [4.78, 5) is 50.3. The molecule has 2 unspecified atom stereocenters. The molecule has 2 atom stereocenters. The van der Waals surface area contributed by atoms with Crippen LogP contribution < -0.4 is 16.0 Å². The van der Waals surface area contributed by atoms with Crippen molar-refractivity contribution in [3.63, 3.8) is 0 Å². The fourth-order valence-corrected chi connectivity index (χ4v) is 4.31. The Hall–Kier alpha value is -2.74. The van der Waals surface area contributed by atoms with Gasteiger partial charge in [0.25, 0.3) is 11.8 Å². The number of hydrogen-bond acceptors (Lipinski definition) is 5. The first-order valence-electron chi connectivity index (χ1n) is 10.3. The van der Waals surface area contributed by atoms with E-state index >= 15 is 0 Å². The molecule has 2 fully saturated rings. The largest absolute Gasteiger partial charge is 0.350 e. The number of benzene rings is 1. The van der Waals surface area contributed by atoms with Gasteiger partial charge in [-0.25, -0.2) is 0 Å².